The van der Waals surface area contributed by atoms with Gasteiger partial charge in [0.05, 0.1) is 0 Å². The second-order valence-electron chi connectivity index (χ2n) is 4.80. The molecule has 21 heavy (non-hydrogen) atoms. The first-order valence-corrected chi connectivity index (χ1v) is 6.89. The first-order chi connectivity index (χ1) is 9.95. The van der Waals surface area contributed by atoms with Crippen molar-refractivity contribution in [1.82, 2.24) is 0 Å². The van der Waals surface area contributed by atoms with Crippen LogP contribution in [-0.4, -0.2) is 5.91 Å². The summed E-state index contributed by atoms with van der Waals surface area (Å²) in [6.45, 7) is 3.90. The van der Waals surface area contributed by atoms with Crippen LogP contribution in [0.3, 0.4) is 0 Å². The van der Waals surface area contributed by atoms with E-state index in [-0.39, 0.29) is 11.7 Å². The Labute approximate surface area is 128 Å². The van der Waals surface area contributed by atoms with E-state index in [0.29, 0.717) is 11.6 Å². The maximum Gasteiger partial charge on any atom is 0.221 e. The molecule has 0 aliphatic heterocycles. The van der Waals surface area contributed by atoms with Gasteiger partial charge in [0.25, 0.3) is 0 Å². The second-order valence-corrected chi connectivity index (χ2v) is 5.21. The molecule has 0 fully saturated rings. The molecule has 0 radical (unpaired) electrons. The number of anilines is 2. The standard InChI is InChI=1S/C16H16ClFN2O/c1-10-3-6-14(20-11(2)21)8-16(10)19-9-12-4-5-13(18)7-15(12)17/h3-8,19H,9H2,1-2H3,(H,20,21). The van der Waals surface area contributed by atoms with E-state index in [0.717, 1.165) is 22.5 Å². The molecule has 2 aromatic carbocycles. The Kier molecular flexibility index (Phi) is 4.81. The van der Waals surface area contributed by atoms with Crippen LogP contribution in [0.2, 0.25) is 5.02 Å². The van der Waals surface area contributed by atoms with Gasteiger partial charge in [-0.3, -0.25) is 4.79 Å². The van der Waals surface area contributed by atoms with Crippen molar-refractivity contribution in [2.75, 3.05) is 10.6 Å². The minimum Gasteiger partial charge on any atom is -0.381 e. The van der Waals surface area contributed by atoms with Gasteiger partial charge in [-0.2, -0.15) is 0 Å². The van der Waals surface area contributed by atoms with Crippen LogP contribution < -0.4 is 10.6 Å². The molecule has 0 aromatic heterocycles. The molecule has 1 amide bonds. The third-order valence-electron chi connectivity index (χ3n) is 3.04. The Morgan fingerprint density at radius 1 is 1.24 bits per heavy atom. The number of hydrogen-bond donors (Lipinski definition) is 2. The summed E-state index contributed by atoms with van der Waals surface area (Å²) in [5, 5.41) is 6.37. The Morgan fingerprint density at radius 3 is 2.67 bits per heavy atom. The average molecular weight is 307 g/mol. The molecule has 2 N–H and O–H groups in total. The van der Waals surface area contributed by atoms with Crippen LogP contribution in [0.4, 0.5) is 15.8 Å². The predicted octanol–water partition coefficient (Wildman–Crippen LogP) is 4.36. The summed E-state index contributed by atoms with van der Waals surface area (Å²) >= 11 is 6.00. The summed E-state index contributed by atoms with van der Waals surface area (Å²) in [5.74, 6) is -0.473. The fraction of sp³-hybridized carbons (Fsp3) is 0.188. The van der Waals surface area contributed by atoms with E-state index >= 15 is 0 Å². The highest BCUT2D eigenvalue weighted by Gasteiger charge is 2.05. The topological polar surface area (TPSA) is 41.1 Å². The number of benzene rings is 2. The zero-order valence-electron chi connectivity index (χ0n) is 11.8. The van der Waals surface area contributed by atoms with Crippen LogP contribution >= 0.6 is 11.6 Å². The Hall–Kier alpha value is -2.07. The van der Waals surface area contributed by atoms with Gasteiger partial charge in [0.15, 0.2) is 0 Å². The van der Waals surface area contributed by atoms with Crippen molar-refractivity contribution < 1.29 is 9.18 Å². The largest absolute Gasteiger partial charge is 0.381 e. The summed E-state index contributed by atoms with van der Waals surface area (Å²) in [4.78, 5) is 11.1. The van der Waals surface area contributed by atoms with E-state index in [1.165, 1.54) is 19.1 Å². The van der Waals surface area contributed by atoms with Crippen molar-refractivity contribution in [2.24, 2.45) is 0 Å². The maximum atomic E-state index is 13.0. The molecule has 0 bridgehead atoms. The van der Waals surface area contributed by atoms with E-state index in [1.807, 2.05) is 25.1 Å². The van der Waals surface area contributed by atoms with E-state index in [9.17, 15) is 9.18 Å². The van der Waals surface area contributed by atoms with Gasteiger partial charge >= 0.3 is 0 Å². The summed E-state index contributed by atoms with van der Waals surface area (Å²) in [6.07, 6.45) is 0. The molecule has 0 saturated heterocycles. The summed E-state index contributed by atoms with van der Waals surface area (Å²) in [5.41, 5.74) is 3.46. The van der Waals surface area contributed by atoms with Gasteiger partial charge in [-0.15, -0.1) is 0 Å². The molecule has 0 aliphatic carbocycles. The van der Waals surface area contributed by atoms with Gasteiger partial charge in [0.2, 0.25) is 5.91 Å². The van der Waals surface area contributed by atoms with Crippen molar-refractivity contribution in [2.45, 2.75) is 20.4 Å². The van der Waals surface area contributed by atoms with E-state index in [2.05, 4.69) is 10.6 Å². The number of nitrogens with one attached hydrogen (secondary N) is 2. The van der Waals surface area contributed by atoms with Gasteiger partial charge in [-0.25, -0.2) is 4.39 Å². The van der Waals surface area contributed by atoms with Gasteiger partial charge in [0, 0.05) is 29.9 Å². The Morgan fingerprint density at radius 2 is 2.00 bits per heavy atom. The molecule has 0 spiro atoms. The smallest absolute Gasteiger partial charge is 0.221 e. The highest BCUT2D eigenvalue weighted by Crippen LogP contribution is 2.23. The van der Waals surface area contributed by atoms with E-state index in [4.69, 9.17) is 11.6 Å². The van der Waals surface area contributed by atoms with Crippen LogP contribution in [0.15, 0.2) is 36.4 Å². The number of carbonyl (C=O) groups is 1. The van der Waals surface area contributed by atoms with Gasteiger partial charge in [-0.05, 0) is 42.3 Å². The van der Waals surface area contributed by atoms with Gasteiger partial charge in [-0.1, -0.05) is 23.7 Å². The van der Waals surface area contributed by atoms with Crippen LogP contribution in [0.25, 0.3) is 0 Å². The fourth-order valence-corrected chi connectivity index (χ4v) is 2.18. The number of halogens is 2. The number of aryl methyl sites for hydroxylation is 1. The molecule has 5 heteroatoms. The van der Waals surface area contributed by atoms with Crippen LogP contribution in [0.1, 0.15) is 18.1 Å². The number of carbonyl (C=O) groups excluding carboxylic acids is 1. The lowest BCUT2D eigenvalue weighted by Gasteiger charge is -2.13. The minimum absolute atomic E-state index is 0.119. The molecule has 3 nitrogen and oxygen atoms in total. The number of amides is 1. The maximum absolute atomic E-state index is 13.0. The highest BCUT2D eigenvalue weighted by atomic mass is 35.5. The highest BCUT2D eigenvalue weighted by molar-refractivity contribution is 6.31. The molecule has 0 atom stereocenters. The molecule has 0 unspecified atom stereocenters. The summed E-state index contributed by atoms with van der Waals surface area (Å²) in [6, 6.07) is 9.93. The summed E-state index contributed by atoms with van der Waals surface area (Å²) < 4.78 is 13.0. The molecular formula is C16H16ClFN2O. The molecule has 0 saturated carbocycles. The van der Waals surface area contributed by atoms with Crippen molar-refractivity contribution in [3.8, 4) is 0 Å². The number of hydrogen-bond acceptors (Lipinski definition) is 2. The number of rotatable bonds is 4. The molecule has 110 valence electrons. The first-order valence-electron chi connectivity index (χ1n) is 6.52. The normalized spacial score (nSPS) is 10.3. The van der Waals surface area contributed by atoms with Crippen LogP contribution in [-0.2, 0) is 11.3 Å². The SMILES string of the molecule is CC(=O)Nc1ccc(C)c(NCc2ccc(F)cc2Cl)c1. The Bertz CT molecular complexity index is 673. The molecule has 2 rings (SSSR count). The van der Waals surface area contributed by atoms with Crippen molar-refractivity contribution >= 4 is 28.9 Å². The quantitative estimate of drug-likeness (QED) is 0.881. The van der Waals surface area contributed by atoms with E-state index in [1.54, 1.807) is 6.07 Å². The first kappa shape index (κ1) is 15.3. The average Bonchev–Trinajstić information content (AvgIpc) is 2.40. The zero-order chi connectivity index (χ0) is 15.4. The third kappa shape index (κ3) is 4.20. The lowest BCUT2D eigenvalue weighted by molar-refractivity contribution is -0.114. The van der Waals surface area contributed by atoms with Gasteiger partial charge < -0.3 is 10.6 Å². The fourth-order valence-electron chi connectivity index (χ4n) is 1.95. The minimum atomic E-state index is -0.354. The zero-order valence-corrected chi connectivity index (χ0v) is 12.6. The van der Waals surface area contributed by atoms with Crippen LogP contribution in [0, 0.1) is 12.7 Å². The van der Waals surface area contributed by atoms with E-state index < -0.39 is 0 Å². The van der Waals surface area contributed by atoms with Crippen molar-refractivity contribution in [3.05, 3.63) is 58.4 Å². The van der Waals surface area contributed by atoms with Crippen LogP contribution in [0.5, 0.6) is 0 Å². The van der Waals surface area contributed by atoms with Gasteiger partial charge in [0.1, 0.15) is 5.82 Å². The summed E-state index contributed by atoms with van der Waals surface area (Å²) in [7, 11) is 0. The lowest BCUT2D eigenvalue weighted by Crippen LogP contribution is -2.07. The Balaban J connectivity index is 2.13. The third-order valence-corrected chi connectivity index (χ3v) is 3.39. The molecule has 0 aliphatic rings. The molecule has 0 heterocycles. The molecule has 2 aromatic rings. The lowest BCUT2D eigenvalue weighted by atomic mass is 10.1. The molecular weight excluding hydrogens is 291 g/mol. The monoisotopic (exact) mass is 306 g/mol. The predicted molar refractivity (Wildman–Crippen MR) is 84.2 cm³/mol. The second kappa shape index (κ2) is 6.59. The van der Waals surface area contributed by atoms with Crippen molar-refractivity contribution in [1.29, 1.82) is 0 Å². The van der Waals surface area contributed by atoms with Crippen molar-refractivity contribution in [3.63, 3.8) is 0 Å².